The van der Waals surface area contributed by atoms with Crippen molar-refractivity contribution in [3.05, 3.63) is 0 Å². The third kappa shape index (κ3) is 1.93. The minimum absolute atomic E-state index is 0.126. The highest BCUT2D eigenvalue weighted by atomic mass is 16.2. The van der Waals surface area contributed by atoms with Gasteiger partial charge in [0.05, 0.1) is 5.54 Å². The van der Waals surface area contributed by atoms with E-state index in [9.17, 15) is 4.79 Å². The van der Waals surface area contributed by atoms with E-state index in [2.05, 4.69) is 5.32 Å². The fraction of sp³-hybridized carbons (Fsp3) is 0.938. The molecule has 19 heavy (non-hydrogen) atoms. The van der Waals surface area contributed by atoms with Gasteiger partial charge in [-0.25, -0.2) is 0 Å². The number of amides is 1. The number of hydrogen-bond donors (Lipinski definition) is 2. The molecule has 5 rings (SSSR count). The zero-order valence-electron chi connectivity index (χ0n) is 11.8. The molecule has 0 aromatic rings. The predicted molar refractivity (Wildman–Crippen MR) is 74.4 cm³/mol. The Morgan fingerprint density at radius 2 is 1.42 bits per heavy atom. The SMILES string of the molecule is NC1(C(=O)NC23CC4CC(CC(C4)C2)C3)CCCC1. The lowest BCUT2D eigenvalue weighted by Gasteiger charge is -2.57. The van der Waals surface area contributed by atoms with E-state index in [0.717, 1.165) is 43.4 Å². The summed E-state index contributed by atoms with van der Waals surface area (Å²) >= 11 is 0. The van der Waals surface area contributed by atoms with Crippen molar-refractivity contribution in [2.45, 2.75) is 75.3 Å². The van der Waals surface area contributed by atoms with Crippen molar-refractivity contribution in [1.82, 2.24) is 5.32 Å². The lowest BCUT2D eigenvalue weighted by molar-refractivity contribution is -0.132. The van der Waals surface area contributed by atoms with Crippen LogP contribution in [-0.4, -0.2) is 17.0 Å². The Bertz CT molecular complexity index is 362. The first kappa shape index (κ1) is 12.2. The summed E-state index contributed by atoms with van der Waals surface area (Å²) in [7, 11) is 0. The van der Waals surface area contributed by atoms with Gasteiger partial charge in [0.25, 0.3) is 0 Å². The maximum absolute atomic E-state index is 12.6. The first-order chi connectivity index (χ1) is 9.07. The average Bonchev–Trinajstić information content (AvgIpc) is 2.75. The van der Waals surface area contributed by atoms with Crippen molar-refractivity contribution in [2.75, 3.05) is 0 Å². The van der Waals surface area contributed by atoms with Crippen LogP contribution in [0, 0.1) is 17.8 Å². The summed E-state index contributed by atoms with van der Waals surface area (Å²) in [5.41, 5.74) is 5.89. The van der Waals surface area contributed by atoms with Crippen molar-refractivity contribution < 1.29 is 4.79 Å². The van der Waals surface area contributed by atoms with E-state index >= 15 is 0 Å². The smallest absolute Gasteiger partial charge is 0.240 e. The molecule has 0 radical (unpaired) electrons. The molecule has 1 amide bonds. The van der Waals surface area contributed by atoms with Crippen molar-refractivity contribution in [2.24, 2.45) is 23.5 Å². The Morgan fingerprint density at radius 1 is 0.947 bits per heavy atom. The Morgan fingerprint density at radius 3 is 1.89 bits per heavy atom. The van der Waals surface area contributed by atoms with E-state index in [0.29, 0.717) is 0 Å². The highest BCUT2D eigenvalue weighted by Gasteiger charge is 2.53. The van der Waals surface area contributed by atoms with Crippen LogP contribution in [0.4, 0.5) is 0 Å². The second-order valence-corrected chi connectivity index (χ2v) is 8.02. The molecular weight excluding hydrogens is 236 g/mol. The molecule has 5 aliphatic rings. The molecule has 0 aromatic carbocycles. The van der Waals surface area contributed by atoms with Gasteiger partial charge >= 0.3 is 0 Å². The van der Waals surface area contributed by atoms with Gasteiger partial charge in [0, 0.05) is 5.54 Å². The van der Waals surface area contributed by atoms with Crippen LogP contribution in [0.2, 0.25) is 0 Å². The third-order valence-corrected chi connectivity index (χ3v) is 6.36. The summed E-state index contributed by atoms with van der Waals surface area (Å²) in [6, 6.07) is 0. The molecule has 0 saturated heterocycles. The van der Waals surface area contributed by atoms with E-state index in [4.69, 9.17) is 5.73 Å². The zero-order chi connectivity index (χ0) is 13.1. The largest absolute Gasteiger partial charge is 0.349 e. The normalized spacial score (nSPS) is 46.5. The van der Waals surface area contributed by atoms with Crippen LogP contribution in [0.1, 0.15) is 64.2 Å². The van der Waals surface area contributed by atoms with E-state index < -0.39 is 5.54 Å². The number of carbonyl (C=O) groups is 1. The molecule has 4 bridgehead atoms. The summed E-state index contributed by atoms with van der Waals surface area (Å²) in [4.78, 5) is 12.6. The number of rotatable bonds is 2. The Labute approximate surface area is 115 Å². The van der Waals surface area contributed by atoms with Gasteiger partial charge in [0.1, 0.15) is 0 Å². The first-order valence-electron chi connectivity index (χ1n) is 8.18. The Kier molecular flexibility index (Phi) is 2.55. The fourth-order valence-corrected chi connectivity index (χ4v) is 5.86. The van der Waals surface area contributed by atoms with Crippen LogP contribution >= 0.6 is 0 Å². The van der Waals surface area contributed by atoms with E-state index in [1.165, 1.54) is 38.5 Å². The molecule has 0 aromatic heterocycles. The van der Waals surface area contributed by atoms with Crippen LogP contribution in [0.15, 0.2) is 0 Å². The van der Waals surface area contributed by atoms with Crippen LogP contribution < -0.4 is 11.1 Å². The second-order valence-electron chi connectivity index (χ2n) is 8.02. The summed E-state index contributed by atoms with van der Waals surface area (Å²) in [6.45, 7) is 0. The lowest BCUT2D eigenvalue weighted by atomic mass is 9.53. The van der Waals surface area contributed by atoms with Crippen molar-refractivity contribution in [3.8, 4) is 0 Å². The van der Waals surface area contributed by atoms with E-state index in [1.54, 1.807) is 0 Å². The van der Waals surface area contributed by atoms with Gasteiger partial charge in [-0.15, -0.1) is 0 Å². The van der Waals surface area contributed by atoms with Crippen molar-refractivity contribution in [3.63, 3.8) is 0 Å². The van der Waals surface area contributed by atoms with Gasteiger partial charge in [0.15, 0.2) is 0 Å². The molecule has 5 saturated carbocycles. The molecule has 0 unspecified atom stereocenters. The molecule has 5 fully saturated rings. The summed E-state index contributed by atoms with van der Waals surface area (Å²) in [5, 5.41) is 3.44. The summed E-state index contributed by atoms with van der Waals surface area (Å²) in [5.74, 6) is 2.79. The quantitative estimate of drug-likeness (QED) is 0.802. The maximum atomic E-state index is 12.6. The lowest BCUT2D eigenvalue weighted by Crippen LogP contribution is -2.64. The minimum Gasteiger partial charge on any atom is -0.349 e. The van der Waals surface area contributed by atoms with Crippen LogP contribution in [0.5, 0.6) is 0 Å². The molecule has 3 N–H and O–H groups in total. The molecular formula is C16H26N2O. The highest BCUT2D eigenvalue weighted by molar-refractivity contribution is 5.87. The number of carbonyl (C=O) groups excluding carboxylic acids is 1. The molecule has 0 spiro atoms. The fourth-order valence-electron chi connectivity index (χ4n) is 5.86. The van der Waals surface area contributed by atoms with Crippen molar-refractivity contribution >= 4 is 5.91 Å². The molecule has 106 valence electrons. The van der Waals surface area contributed by atoms with Gasteiger partial charge < -0.3 is 11.1 Å². The van der Waals surface area contributed by atoms with Gasteiger partial charge in [-0.05, 0) is 69.1 Å². The molecule has 5 aliphatic carbocycles. The highest BCUT2D eigenvalue weighted by Crippen LogP contribution is 2.55. The molecule has 0 atom stereocenters. The van der Waals surface area contributed by atoms with Crippen LogP contribution in [-0.2, 0) is 4.79 Å². The topological polar surface area (TPSA) is 55.1 Å². The average molecular weight is 262 g/mol. The first-order valence-corrected chi connectivity index (χ1v) is 8.18. The number of hydrogen-bond acceptors (Lipinski definition) is 2. The standard InChI is InChI=1S/C16H26N2O/c17-16(3-1-2-4-16)14(19)18-15-8-11-5-12(9-15)7-13(6-11)10-15/h11-13H,1-10,17H2,(H,18,19). The predicted octanol–water partition coefficient (Wildman–Crippen LogP) is 2.34. The van der Waals surface area contributed by atoms with Crippen molar-refractivity contribution in [1.29, 1.82) is 0 Å². The van der Waals surface area contributed by atoms with E-state index in [-0.39, 0.29) is 11.4 Å². The second kappa shape index (κ2) is 3.97. The maximum Gasteiger partial charge on any atom is 0.240 e. The Balaban J connectivity index is 1.51. The molecule has 0 aliphatic heterocycles. The van der Waals surface area contributed by atoms with Crippen LogP contribution in [0.3, 0.4) is 0 Å². The third-order valence-electron chi connectivity index (χ3n) is 6.36. The van der Waals surface area contributed by atoms with E-state index in [1.807, 2.05) is 0 Å². The van der Waals surface area contributed by atoms with Gasteiger partial charge in [-0.3, -0.25) is 4.79 Å². The van der Waals surface area contributed by atoms with Gasteiger partial charge in [-0.1, -0.05) is 12.8 Å². The number of nitrogens with two attached hydrogens (primary N) is 1. The molecule has 0 heterocycles. The molecule has 3 nitrogen and oxygen atoms in total. The van der Waals surface area contributed by atoms with Gasteiger partial charge in [0.2, 0.25) is 5.91 Å². The van der Waals surface area contributed by atoms with Crippen LogP contribution in [0.25, 0.3) is 0 Å². The molecule has 3 heteroatoms. The number of nitrogens with one attached hydrogen (secondary N) is 1. The van der Waals surface area contributed by atoms with Gasteiger partial charge in [-0.2, -0.15) is 0 Å². The summed E-state index contributed by atoms with van der Waals surface area (Å²) in [6.07, 6.45) is 11.9. The Hall–Kier alpha value is -0.570. The zero-order valence-corrected chi connectivity index (χ0v) is 11.8. The minimum atomic E-state index is -0.552. The summed E-state index contributed by atoms with van der Waals surface area (Å²) < 4.78 is 0. The monoisotopic (exact) mass is 262 g/mol.